The molecule has 1 aromatic rings. The maximum absolute atomic E-state index is 13.3. The van der Waals surface area contributed by atoms with Crippen LogP contribution in [-0.2, 0) is 16.1 Å². The Morgan fingerprint density at radius 3 is 2.86 bits per heavy atom. The zero-order valence-corrected chi connectivity index (χ0v) is 12.8. The summed E-state index contributed by atoms with van der Waals surface area (Å²) in [7, 11) is 0. The predicted molar refractivity (Wildman–Crippen MR) is 81.8 cm³/mol. The third kappa shape index (κ3) is 3.84. The minimum Gasteiger partial charge on any atom is -0.378 e. The van der Waals surface area contributed by atoms with Crippen molar-refractivity contribution in [3.8, 4) is 0 Å². The van der Waals surface area contributed by atoms with E-state index < -0.39 is 0 Å². The Morgan fingerprint density at radius 1 is 1.27 bits per heavy atom. The van der Waals surface area contributed by atoms with Crippen LogP contribution in [0.1, 0.15) is 18.4 Å². The van der Waals surface area contributed by atoms with Gasteiger partial charge in [0.1, 0.15) is 5.82 Å². The van der Waals surface area contributed by atoms with E-state index in [1.165, 1.54) is 6.07 Å². The van der Waals surface area contributed by atoms with Crippen LogP contribution in [0, 0.1) is 11.7 Å². The summed E-state index contributed by atoms with van der Waals surface area (Å²) in [6.07, 6.45) is 1.98. The van der Waals surface area contributed by atoms with E-state index >= 15 is 0 Å². The van der Waals surface area contributed by atoms with Gasteiger partial charge in [-0.2, -0.15) is 0 Å². The molecule has 0 spiro atoms. The Bertz CT molecular complexity index is 517. The second kappa shape index (κ2) is 7.20. The van der Waals surface area contributed by atoms with Gasteiger partial charge in [-0.25, -0.2) is 4.39 Å². The number of carbonyl (C=O) groups excluding carboxylic acids is 1. The lowest BCUT2D eigenvalue weighted by molar-refractivity contribution is -0.141. The van der Waals surface area contributed by atoms with Crippen molar-refractivity contribution in [2.45, 2.75) is 19.4 Å². The van der Waals surface area contributed by atoms with Crippen LogP contribution in [0.25, 0.3) is 0 Å². The molecular weight excluding hydrogens is 283 g/mol. The fourth-order valence-corrected chi connectivity index (χ4v) is 3.34. The highest BCUT2D eigenvalue weighted by molar-refractivity contribution is 5.79. The SMILES string of the molecule is O=C(C1CCCN(Cc2cccc(F)c2)C1)N1CCOCC1. The molecule has 22 heavy (non-hydrogen) atoms. The molecule has 0 aromatic heterocycles. The molecule has 0 radical (unpaired) electrons. The molecule has 1 amide bonds. The van der Waals surface area contributed by atoms with Gasteiger partial charge in [0.05, 0.1) is 19.1 Å². The van der Waals surface area contributed by atoms with Crippen molar-refractivity contribution in [3.05, 3.63) is 35.6 Å². The summed E-state index contributed by atoms with van der Waals surface area (Å²) in [5, 5.41) is 0. The van der Waals surface area contributed by atoms with Gasteiger partial charge in [0, 0.05) is 26.2 Å². The van der Waals surface area contributed by atoms with Crippen LogP contribution >= 0.6 is 0 Å². The number of hydrogen-bond acceptors (Lipinski definition) is 3. The highest BCUT2D eigenvalue weighted by Gasteiger charge is 2.29. The van der Waals surface area contributed by atoms with Crippen molar-refractivity contribution < 1.29 is 13.9 Å². The summed E-state index contributed by atoms with van der Waals surface area (Å²) in [6.45, 7) is 5.16. The maximum atomic E-state index is 13.3. The van der Waals surface area contributed by atoms with E-state index in [-0.39, 0.29) is 17.6 Å². The summed E-state index contributed by atoms with van der Waals surface area (Å²) < 4.78 is 18.6. The van der Waals surface area contributed by atoms with E-state index in [0.717, 1.165) is 31.5 Å². The lowest BCUT2D eigenvalue weighted by Gasteiger charge is -2.36. The molecule has 2 aliphatic heterocycles. The highest BCUT2D eigenvalue weighted by atomic mass is 19.1. The highest BCUT2D eigenvalue weighted by Crippen LogP contribution is 2.21. The van der Waals surface area contributed by atoms with Gasteiger partial charge < -0.3 is 9.64 Å². The van der Waals surface area contributed by atoms with Crippen LogP contribution in [-0.4, -0.2) is 55.1 Å². The number of piperidine rings is 1. The summed E-state index contributed by atoms with van der Waals surface area (Å²) in [6, 6.07) is 6.72. The lowest BCUT2D eigenvalue weighted by atomic mass is 9.96. The zero-order valence-electron chi connectivity index (χ0n) is 12.8. The minimum absolute atomic E-state index is 0.0698. The smallest absolute Gasteiger partial charge is 0.227 e. The number of likely N-dealkylation sites (tertiary alicyclic amines) is 1. The normalized spacial score (nSPS) is 23.5. The molecule has 0 N–H and O–H groups in total. The van der Waals surface area contributed by atoms with Gasteiger partial charge in [0.2, 0.25) is 5.91 Å². The zero-order chi connectivity index (χ0) is 15.4. The monoisotopic (exact) mass is 306 g/mol. The number of morpholine rings is 1. The Hall–Kier alpha value is -1.46. The Morgan fingerprint density at radius 2 is 2.09 bits per heavy atom. The second-order valence-corrected chi connectivity index (χ2v) is 6.14. The molecule has 1 aromatic carbocycles. The standard InChI is InChI=1S/C17H23FN2O2/c18-16-5-1-3-14(11-16)12-19-6-2-4-15(13-19)17(21)20-7-9-22-10-8-20/h1,3,5,11,15H,2,4,6-10,12-13H2. The number of halogens is 1. The number of hydrogen-bond donors (Lipinski definition) is 0. The first-order chi connectivity index (χ1) is 10.7. The fourth-order valence-electron chi connectivity index (χ4n) is 3.34. The van der Waals surface area contributed by atoms with Crippen LogP contribution in [0.4, 0.5) is 4.39 Å². The predicted octanol–water partition coefficient (Wildman–Crippen LogP) is 1.90. The van der Waals surface area contributed by atoms with E-state index in [0.29, 0.717) is 32.8 Å². The first kappa shape index (κ1) is 15.4. The molecule has 120 valence electrons. The van der Waals surface area contributed by atoms with E-state index in [9.17, 15) is 9.18 Å². The quantitative estimate of drug-likeness (QED) is 0.855. The van der Waals surface area contributed by atoms with Crippen molar-refractivity contribution in [1.29, 1.82) is 0 Å². The number of carbonyl (C=O) groups is 1. The van der Waals surface area contributed by atoms with Crippen molar-refractivity contribution >= 4 is 5.91 Å². The van der Waals surface area contributed by atoms with Crippen LogP contribution in [0.2, 0.25) is 0 Å². The van der Waals surface area contributed by atoms with Crippen molar-refractivity contribution in [1.82, 2.24) is 9.80 Å². The minimum atomic E-state index is -0.199. The van der Waals surface area contributed by atoms with E-state index in [4.69, 9.17) is 4.74 Å². The largest absolute Gasteiger partial charge is 0.378 e. The first-order valence-electron chi connectivity index (χ1n) is 8.06. The van der Waals surface area contributed by atoms with Gasteiger partial charge in [-0.05, 0) is 37.1 Å². The molecule has 2 heterocycles. The summed E-state index contributed by atoms with van der Waals surface area (Å²) >= 11 is 0. The van der Waals surface area contributed by atoms with Crippen LogP contribution in [0.3, 0.4) is 0 Å². The average molecular weight is 306 g/mol. The summed E-state index contributed by atoms with van der Waals surface area (Å²) in [5.74, 6) is 0.128. The number of amides is 1. The molecule has 1 unspecified atom stereocenters. The van der Waals surface area contributed by atoms with Crippen molar-refractivity contribution in [2.75, 3.05) is 39.4 Å². The summed E-state index contributed by atoms with van der Waals surface area (Å²) in [5.41, 5.74) is 0.972. The molecule has 2 aliphatic rings. The number of benzene rings is 1. The molecule has 3 rings (SSSR count). The third-order valence-corrected chi connectivity index (χ3v) is 4.47. The van der Waals surface area contributed by atoms with Crippen molar-refractivity contribution in [3.63, 3.8) is 0 Å². The molecule has 0 aliphatic carbocycles. The molecule has 2 fully saturated rings. The molecule has 0 saturated carbocycles. The van der Waals surface area contributed by atoms with Crippen LogP contribution in [0.5, 0.6) is 0 Å². The lowest BCUT2D eigenvalue weighted by Crippen LogP contribution is -2.48. The number of nitrogens with zero attached hydrogens (tertiary/aromatic N) is 2. The number of ether oxygens (including phenoxy) is 1. The molecule has 2 saturated heterocycles. The van der Waals surface area contributed by atoms with Crippen LogP contribution in [0.15, 0.2) is 24.3 Å². The maximum Gasteiger partial charge on any atom is 0.227 e. The second-order valence-electron chi connectivity index (χ2n) is 6.14. The third-order valence-electron chi connectivity index (χ3n) is 4.47. The van der Waals surface area contributed by atoms with Crippen LogP contribution < -0.4 is 0 Å². The Kier molecular flexibility index (Phi) is 5.05. The van der Waals surface area contributed by atoms with E-state index in [2.05, 4.69) is 4.90 Å². The van der Waals surface area contributed by atoms with Gasteiger partial charge in [0.25, 0.3) is 0 Å². The molecular formula is C17H23FN2O2. The molecule has 5 heteroatoms. The van der Waals surface area contributed by atoms with Gasteiger partial charge in [-0.3, -0.25) is 9.69 Å². The molecule has 0 bridgehead atoms. The molecule has 1 atom stereocenters. The van der Waals surface area contributed by atoms with Gasteiger partial charge in [0.15, 0.2) is 0 Å². The van der Waals surface area contributed by atoms with Crippen molar-refractivity contribution in [2.24, 2.45) is 5.92 Å². The van der Waals surface area contributed by atoms with Gasteiger partial charge >= 0.3 is 0 Å². The fraction of sp³-hybridized carbons (Fsp3) is 0.588. The van der Waals surface area contributed by atoms with Gasteiger partial charge in [-0.1, -0.05) is 12.1 Å². The van der Waals surface area contributed by atoms with E-state index in [1.54, 1.807) is 12.1 Å². The Balaban J connectivity index is 1.57. The average Bonchev–Trinajstić information content (AvgIpc) is 2.55. The molecule has 4 nitrogen and oxygen atoms in total. The number of rotatable bonds is 3. The van der Waals surface area contributed by atoms with E-state index in [1.807, 2.05) is 11.0 Å². The first-order valence-corrected chi connectivity index (χ1v) is 8.06. The van der Waals surface area contributed by atoms with Gasteiger partial charge in [-0.15, -0.1) is 0 Å². The Labute approximate surface area is 130 Å². The summed E-state index contributed by atoms with van der Waals surface area (Å²) in [4.78, 5) is 16.8. The topological polar surface area (TPSA) is 32.8 Å².